The molecule has 0 unspecified atom stereocenters. The van der Waals surface area contributed by atoms with Crippen molar-refractivity contribution < 1.29 is 23.5 Å². The standard InChI is InChI=1S/C25H23Br2FN2O4S/c1-15-6-8-29(9-7-15)22(31)13-30-24(32)21(35-25(30)33)12-16-10-18(26)23(19(27)11-16)34-14-17-4-2-3-5-20(17)28/h2-5,10-12,15H,6-9,13-14H2,1H3/b21-12+. The van der Waals surface area contributed by atoms with Crippen molar-refractivity contribution >= 4 is 66.8 Å². The maximum absolute atomic E-state index is 13.9. The van der Waals surface area contributed by atoms with Crippen molar-refractivity contribution in [1.82, 2.24) is 9.80 Å². The molecule has 2 aromatic carbocycles. The van der Waals surface area contributed by atoms with Crippen molar-refractivity contribution in [2.24, 2.45) is 5.92 Å². The zero-order chi connectivity index (χ0) is 25.1. The molecule has 0 N–H and O–H groups in total. The van der Waals surface area contributed by atoms with Crippen LogP contribution in [0.3, 0.4) is 0 Å². The molecule has 0 aliphatic carbocycles. The van der Waals surface area contributed by atoms with Gasteiger partial charge in [0.05, 0.1) is 13.9 Å². The number of thioether (sulfide) groups is 1. The van der Waals surface area contributed by atoms with E-state index in [1.807, 2.05) is 0 Å². The Hall–Kier alpha value is -2.17. The summed E-state index contributed by atoms with van der Waals surface area (Å²) >= 11 is 7.74. The van der Waals surface area contributed by atoms with Gasteiger partial charge in [0, 0.05) is 18.7 Å². The fourth-order valence-electron chi connectivity index (χ4n) is 3.85. The van der Waals surface area contributed by atoms with Crippen molar-refractivity contribution in [3.8, 4) is 5.75 Å². The van der Waals surface area contributed by atoms with Crippen LogP contribution in [0.4, 0.5) is 9.18 Å². The molecule has 0 atom stereocenters. The number of piperidine rings is 1. The molecule has 2 aliphatic heterocycles. The fourth-order valence-corrected chi connectivity index (χ4v) is 6.14. The van der Waals surface area contributed by atoms with Crippen molar-refractivity contribution in [2.75, 3.05) is 19.6 Å². The minimum atomic E-state index is -0.481. The predicted molar refractivity (Wildman–Crippen MR) is 140 cm³/mol. The highest BCUT2D eigenvalue weighted by atomic mass is 79.9. The van der Waals surface area contributed by atoms with Crippen molar-refractivity contribution in [2.45, 2.75) is 26.4 Å². The molecule has 0 saturated carbocycles. The first-order chi connectivity index (χ1) is 16.7. The maximum atomic E-state index is 13.9. The van der Waals surface area contributed by atoms with Crippen LogP contribution in [0.2, 0.25) is 0 Å². The topological polar surface area (TPSA) is 66.9 Å². The van der Waals surface area contributed by atoms with Crippen LogP contribution in [-0.4, -0.2) is 46.5 Å². The monoisotopic (exact) mass is 624 g/mol. The SMILES string of the molecule is CC1CCN(C(=O)CN2C(=O)S/C(=C/c3cc(Br)c(OCc4ccccc4F)c(Br)c3)C2=O)CC1. The number of hydrogen-bond donors (Lipinski definition) is 0. The summed E-state index contributed by atoms with van der Waals surface area (Å²) in [5, 5.41) is -0.456. The van der Waals surface area contributed by atoms with Crippen LogP contribution in [-0.2, 0) is 16.2 Å². The van der Waals surface area contributed by atoms with E-state index < -0.39 is 11.1 Å². The van der Waals surface area contributed by atoms with Gasteiger partial charge in [-0.3, -0.25) is 19.3 Å². The third-order valence-electron chi connectivity index (χ3n) is 5.95. The van der Waals surface area contributed by atoms with Gasteiger partial charge < -0.3 is 9.64 Å². The van der Waals surface area contributed by atoms with Crippen molar-refractivity contribution in [3.63, 3.8) is 0 Å². The average Bonchev–Trinajstić information content (AvgIpc) is 3.07. The molecule has 2 aromatic rings. The number of benzene rings is 2. The van der Waals surface area contributed by atoms with Crippen molar-refractivity contribution in [3.05, 3.63) is 67.2 Å². The molecule has 0 bridgehead atoms. The third kappa shape index (κ3) is 6.16. The lowest BCUT2D eigenvalue weighted by Crippen LogP contribution is -2.45. The van der Waals surface area contributed by atoms with Crippen LogP contribution >= 0.6 is 43.6 Å². The van der Waals surface area contributed by atoms with Gasteiger partial charge in [-0.2, -0.15) is 0 Å². The van der Waals surface area contributed by atoms with Crippen LogP contribution in [0.15, 0.2) is 50.2 Å². The number of nitrogens with zero attached hydrogens (tertiary/aromatic N) is 2. The van der Waals surface area contributed by atoms with Gasteiger partial charge in [-0.1, -0.05) is 25.1 Å². The molecular formula is C25H23Br2FN2O4S. The quantitative estimate of drug-likeness (QED) is 0.356. The summed E-state index contributed by atoms with van der Waals surface area (Å²) in [5.41, 5.74) is 1.08. The number of imide groups is 1. The number of carbonyl (C=O) groups excluding carboxylic acids is 3. The van der Waals surface area contributed by atoms with Gasteiger partial charge in [0.1, 0.15) is 24.7 Å². The molecule has 6 nitrogen and oxygen atoms in total. The van der Waals surface area contributed by atoms with Crippen LogP contribution in [0.1, 0.15) is 30.9 Å². The van der Waals surface area contributed by atoms with E-state index in [2.05, 4.69) is 38.8 Å². The molecule has 2 aliphatic rings. The molecule has 10 heteroatoms. The van der Waals surface area contributed by atoms with Gasteiger partial charge in [0.2, 0.25) is 5.91 Å². The Labute approximate surface area is 224 Å². The smallest absolute Gasteiger partial charge is 0.294 e. The Morgan fingerprint density at radius 1 is 1.17 bits per heavy atom. The second kappa shape index (κ2) is 11.3. The molecule has 2 saturated heterocycles. The predicted octanol–water partition coefficient (Wildman–Crippen LogP) is 6.22. The highest BCUT2D eigenvalue weighted by molar-refractivity contribution is 9.11. The number of carbonyl (C=O) groups is 3. The van der Waals surface area contributed by atoms with E-state index in [9.17, 15) is 18.8 Å². The zero-order valence-electron chi connectivity index (χ0n) is 18.9. The summed E-state index contributed by atoms with van der Waals surface area (Å²) in [6, 6.07) is 9.87. The number of halogens is 3. The Bertz CT molecular complexity index is 1170. The lowest BCUT2D eigenvalue weighted by Gasteiger charge is -2.31. The molecule has 2 heterocycles. The van der Waals surface area contributed by atoms with Gasteiger partial charge >= 0.3 is 0 Å². The molecule has 0 aromatic heterocycles. The minimum absolute atomic E-state index is 0.0477. The highest BCUT2D eigenvalue weighted by Gasteiger charge is 2.37. The van der Waals surface area contributed by atoms with Gasteiger partial charge in [-0.15, -0.1) is 0 Å². The van der Waals surface area contributed by atoms with Gasteiger partial charge in [-0.25, -0.2) is 4.39 Å². The van der Waals surface area contributed by atoms with E-state index >= 15 is 0 Å². The van der Waals surface area contributed by atoms with E-state index in [1.54, 1.807) is 41.3 Å². The van der Waals surface area contributed by atoms with E-state index in [-0.39, 0.29) is 29.8 Å². The molecule has 2 fully saturated rings. The minimum Gasteiger partial charge on any atom is -0.486 e. The Morgan fingerprint density at radius 2 is 1.83 bits per heavy atom. The summed E-state index contributed by atoms with van der Waals surface area (Å²) < 4.78 is 20.9. The van der Waals surface area contributed by atoms with E-state index in [0.717, 1.165) is 29.5 Å². The number of rotatable bonds is 6. The van der Waals surface area contributed by atoms with E-state index in [4.69, 9.17) is 4.74 Å². The van der Waals surface area contributed by atoms with Crippen molar-refractivity contribution in [1.29, 1.82) is 0 Å². The first kappa shape index (κ1) is 25.9. The van der Waals surface area contributed by atoms with E-state index in [0.29, 0.717) is 44.8 Å². The summed E-state index contributed by atoms with van der Waals surface area (Å²) in [6.45, 7) is 3.26. The number of hydrogen-bond acceptors (Lipinski definition) is 5. The van der Waals surface area contributed by atoms with Gasteiger partial charge in [-0.05, 0) is 92.2 Å². The second-order valence-electron chi connectivity index (χ2n) is 8.52. The van der Waals surface area contributed by atoms with Crippen LogP contribution in [0, 0.1) is 11.7 Å². The van der Waals surface area contributed by atoms with E-state index in [1.165, 1.54) is 6.07 Å². The third-order valence-corrected chi connectivity index (χ3v) is 8.04. The summed E-state index contributed by atoms with van der Waals surface area (Å²) in [5.74, 6) is 0.0302. The average molecular weight is 626 g/mol. The first-order valence-corrected chi connectivity index (χ1v) is 13.5. The number of likely N-dealkylation sites (tertiary alicyclic amines) is 1. The first-order valence-electron chi connectivity index (χ1n) is 11.1. The highest BCUT2D eigenvalue weighted by Crippen LogP contribution is 2.38. The van der Waals surface area contributed by atoms with Gasteiger partial charge in [0.15, 0.2) is 0 Å². The molecular weight excluding hydrogens is 603 g/mol. The van der Waals surface area contributed by atoms with Crippen LogP contribution in [0.25, 0.3) is 6.08 Å². The van der Waals surface area contributed by atoms with Gasteiger partial charge in [0.25, 0.3) is 11.1 Å². The summed E-state index contributed by atoms with van der Waals surface area (Å²) in [6.07, 6.45) is 3.46. The lowest BCUT2D eigenvalue weighted by atomic mass is 9.99. The molecule has 35 heavy (non-hydrogen) atoms. The zero-order valence-corrected chi connectivity index (χ0v) is 22.9. The largest absolute Gasteiger partial charge is 0.486 e. The molecule has 184 valence electrons. The van der Waals surface area contributed by atoms with Crippen LogP contribution in [0.5, 0.6) is 5.75 Å². The van der Waals surface area contributed by atoms with Crippen LogP contribution < -0.4 is 4.74 Å². The second-order valence-corrected chi connectivity index (χ2v) is 11.2. The summed E-state index contributed by atoms with van der Waals surface area (Å²) in [4.78, 5) is 41.0. The Balaban J connectivity index is 1.44. The Morgan fingerprint density at radius 3 is 2.49 bits per heavy atom. The molecule has 0 radical (unpaired) electrons. The number of ether oxygens (including phenoxy) is 1. The normalized spacial score (nSPS) is 18.0. The lowest BCUT2D eigenvalue weighted by molar-refractivity contribution is -0.136. The maximum Gasteiger partial charge on any atom is 0.294 e. The molecule has 0 spiro atoms. The Kier molecular flexibility index (Phi) is 8.34. The number of amides is 3. The summed E-state index contributed by atoms with van der Waals surface area (Å²) in [7, 11) is 0. The molecule has 3 amide bonds. The fraction of sp³-hybridized carbons (Fsp3) is 0.320. The molecule has 4 rings (SSSR count).